The third-order valence-electron chi connectivity index (χ3n) is 3.76. The van der Waals surface area contributed by atoms with Crippen molar-refractivity contribution in [1.82, 2.24) is 10.3 Å². The Morgan fingerprint density at radius 2 is 1.85 bits per heavy atom. The minimum absolute atomic E-state index is 0.176. The van der Waals surface area contributed by atoms with Gasteiger partial charge >= 0.3 is 6.18 Å². The fourth-order valence-corrected chi connectivity index (χ4v) is 2.31. The molecular weight excluding hydrogens is 359 g/mol. The van der Waals surface area contributed by atoms with Crippen LogP contribution in [0, 0.1) is 0 Å². The van der Waals surface area contributed by atoms with Gasteiger partial charge in [-0.15, -0.1) is 0 Å². The second kappa shape index (κ2) is 9.25. The van der Waals surface area contributed by atoms with Crippen molar-refractivity contribution in [1.29, 1.82) is 0 Å². The Balaban J connectivity index is 1.73. The normalized spacial score (nSPS) is 11.1. The summed E-state index contributed by atoms with van der Waals surface area (Å²) >= 11 is 0. The van der Waals surface area contributed by atoms with E-state index in [4.69, 9.17) is 0 Å². The summed E-state index contributed by atoms with van der Waals surface area (Å²) in [4.78, 5) is 17.8. The van der Waals surface area contributed by atoms with E-state index >= 15 is 0 Å². The molecule has 0 saturated carbocycles. The van der Waals surface area contributed by atoms with Crippen LogP contribution in [0.3, 0.4) is 0 Å². The smallest absolute Gasteiger partial charge is 0.422 e. The van der Waals surface area contributed by atoms with Gasteiger partial charge < -0.3 is 15.0 Å². The molecule has 0 radical (unpaired) electrons. The summed E-state index contributed by atoms with van der Waals surface area (Å²) in [5.74, 6) is -0.502. The maximum atomic E-state index is 12.1. The summed E-state index contributed by atoms with van der Waals surface area (Å²) in [5.41, 5.74) is 2.58. The SMILES string of the molecule is CN(C)c1ccc(CCCNC(=O)c2ccc(OCC(F)(F)F)nc2)cc1. The second-order valence-electron chi connectivity index (χ2n) is 6.21. The number of amides is 1. The first-order valence-corrected chi connectivity index (χ1v) is 8.45. The van der Waals surface area contributed by atoms with Crippen molar-refractivity contribution in [3.63, 3.8) is 0 Å². The standard InChI is InChI=1S/C19H22F3N3O2/c1-25(2)16-8-5-14(6-9-16)4-3-11-23-18(26)15-7-10-17(24-12-15)27-13-19(20,21)22/h5-10,12H,3-4,11,13H2,1-2H3,(H,23,26). The number of nitrogens with zero attached hydrogens (tertiary/aromatic N) is 2. The molecule has 5 nitrogen and oxygen atoms in total. The van der Waals surface area contributed by atoms with Gasteiger partial charge in [-0.05, 0) is 36.6 Å². The summed E-state index contributed by atoms with van der Waals surface area (Å²) in [7, 11) is 3.96. The number of carbonyl (C=O) groups excluding carboxylic acids is 1. The number of rotatable bonds is 8. The van der Waals surface area contributed by atoms with E-state index in [0.717, 1.165) is 18.5 Å². The predicted octanol–water partition coefficient (Wildman–Crippen LogP) is 3.45. The lowest BCUT2D eigenvalue weighted by atomic mass is 10.1. The summed E-state index contributed by atoms with van der Waals surface area (Å²) < 4.78 is 40.7. The number of nitrogens with one attached hydrogen (secondary N) is 1. The van der Waals surface area contributed by atoms with Gasteiger partial charge in [-0.25, -0.2) is 4.98 Å². The van der Waals surface area contributed by atoms with Crippen molar-refractivity contribution < 1.29 is 22.7 Å². The van der Waals surface area contributed by atoms with Gasteiger partial charge in [-0.2, -0.15) is 13.2 Å². The van der Waals surface area contributed by atoms with E-state index < -0.39 is 12.8 Å². The average molecular weight is 381 g/mol. The van der Waals surface area contributed by atoms with Crippen LogP contribution in [0.15, 0.2) is 42.6 Å². The van der Waals surface area contributed by atoms with Gasteiger partial charge in [0, 0.05) is 38.6 Å². The van der Waals surface area contributed by atoms with Crippen LogP contribution >= 0.6 is 0 Å². The van der Waals surface area contributed by atoms with E-state index in [2.05, 4.69) is 27.2 Å². The number of ether oxygens (including phenoxy) is 1. The predicted molar refractivity (Wildman–Crippen MR) is 97.2 cm³/mol. The molecule has 0 aliphatic carbocycles. The van der Waals surface area contributed by atoms with E-state index in [1.807, 2.05) is 31.1 Å². The number of alkyl halides is 3. The maximum absolute atomic E-state index is 12.1. The highest BCUT2D eigenvalue weighted by molar-refractivity contribution is 5.93. The number of hydrogen-bond acceptors (Lipinski definition) is 4. The minimum atomic E-state index is -4.43. The van der Waals surface area contributed by atoms with Crippen molar-refractivity contribution >= 4 is 11.6 Å². The third-order valence-corrected chi connectivity index (χ3v) is 3.76. The van der Waals surface area contributed by atoms with Gasteiger partial charge in [0.15, 0.2) is 6.61 Å². The molecule has 0 spiro atoms. The molecule has 0 aliphatic rings. The zero-order chi connectivity index (χ0) is 19.9. The van der Waals surface area contributed by atoms with Crippen molar-refractivity contribution in [3.8, 4) is 5.88 Å². The topological polar surface area (TPSA) is 54.5 Å². The summed E-state index contributed by atoms with van der Waals surface area (Å²) in [5, 5.41) is 2.77. The molecule has 1 aromatic heterocycles. The van der Waals surface area contributed by atoms with Crippen LogP contribution in [-0.4, -0.2) is 44.3 Å². The summed E-state index contributed by atoms with van der Waals surface area (Å²) in [6.07, 6.45) is -1.63. The second-order valence-corrected chi connectivity index (χ2v) is 6.21. The Kier molecular flexibility index (Phi) is 7.04. The van der Waals surface area contributed by atoms with Crippen molar-refractivity contribution in [3.05, 3.63) is 53.7 Å². The molecule has 1 amide bonds. The number of anilines is 1. The minimum Gasteiger partial charge on any atom is -0.468 e. The Hall–Kier alpha value is -2.77. The monoisotopic (exact) mass is 381 g/mol. The van der Waals surface area contributed by atoms with Gasteiger partial charge in [-0.3, -0.25) is 4.79 Å². The maximum Gasteiger partial charge on any atom is 0.422 e. The average Bonchev–Trinajstić information content (AvgIpc) is 2.63. The first-order chi connectivity index (χ1) is 12.7. The highest BCUT2D eigenvalue weighted by Gasteiger charge is 2.28. The lowest BCUT2D eigenvalue weighted by Gasteiger charge is -2.12. The Morgan fingerprint density at radius 3 is 2.41 bits per heavy atom. The van der Waals surface area contributed by atoms with Crippen LogP contribution in [0.2, 0.25) is 0 Å². The van der Waals surface area contributed by atoms with Crippen LogP contribution in [0.5, 0.6) is 5.88 Å². The van der Waals surface area contributed by atoms with Crippen molar-refractivity contribution in [2.24, 2.45) is 0 Å². The quantitative estimate of drug-likeness (QED) is 0.712. The van der Waals surface area contributed by atoms with Gasteiger partial charge in [0.25, 0.3) is 5.91 Å². The molecule has 0 bridgehead atoms. The number of hydrogen-bond donors (Lipinski definition) is 1. The van der Waals surface area contributed by atoms with Crippen LogP contribution < -0.4 is 15.0 Å². The van der Waals surface area contributed by atoms with Gasteiger partial charge in [0.05, 0.1) is 5.56 Å². The Labute approximate surface area is 156 Å². The Bertz CT molecular complexity index is 729. The lowest BCUT2D eigenvalue weighted by molar-refractivity contribution is -0.154. The summed E-state index contributed by atoms with van der Waals surface area (Å²) in [6.45, 7) is -0.929. The van der Waals surface area contributed by atoms with Gasteiger partial charge in [0.2, 0.25) is 5.88 Å². The molecule has 1 aromatic carbocycles. The molecule has 0 atom stereocenters. The fourth-order valence-electron chi connectivity index (χ4n) is 2.31. The molecule has 0 aliphatic heterocycles. The number of carbonyl (C=O) groups is 1. The molecule has 27 heavy (non-hydrogen) atoms. The lowest BCUT2D eigenvalue weighted by Crippen LogP contribution is -2.25. The van der Waals surface area contributed by atoms with E-state index in [-0.39, 0.29) is 17.4 Å². The Morgan fingerprint density at radius 1 is 1.15 bits per heavy atom. The first-order valence-electron chi connectivity index (χ1n) is 8.45. The zero-order valence-corrected chi connectivity index (χ0v) is 15.2. The summed E-state index contributed by atoms with van der Waals surface area (Å²) in [6, 6.07) is 10.8. The van der Waals surface area contributed by atoms with E-state index in [1.54, 1.807) is 0 Å². The highest BCUT2D eigenvalue weighted by atomic mass is 19.4. The van der Waals surface area contributed by atoms with E-state index in [9.17, 15) is 18.0 Å². The zero-order valence-electron chi connectivity index (χ0n) is 15.2. The fraction of sp³-hybridized carbons (Fsp3) is 0.368. The van der Waals surface area contributed by atoms with Crippen LogP contribution in [-0.2, 0) is 6.42 Å². The largest absolute Gasteiger partial charge is 0.468 e. The van der Waals surface area contributed by atoms with Gasteiger partial charge in [0.1, 0.15) is 0 Å². The highest BCUT2D eigenvalue weighted by Crippen LogP contribution is 2.17. The molecule has 0 unspecified atom stereocenters. The van der Waals surface area contributed by atoms with Crippen molar-refractivity contribution in [2.45, 2.75) is 19.0 Å². The molecule has 1 heterocycles. The molecule has 2 aromatic rings. The molecule has 8 heteroatoms. The molecule has 146 valence electrons. The molecule has 1 N–H and O–H groups in total. The van der Waals surface area contributed by atoms with Crippen LogP contribution in [0.1, 0.15) is 22.3 Å². The third kappa shape index (κ3) is 7.16. The van der Waals surface area contributed by atoms with E-state index in [0.29, 0.717) is 6.54 Å². The first kappa shape index (κ1) is 20.5. The molecule has 2 rings (SSSR count). The van der Waals surface area contributed by atoms with Crippen LogP contribution in [0.25, 0.3) is 0 Å². The molecular formula is C19H22F3N3O2. The van der Waals surface area contributed by atoms with Crippen LogP contribution in [0.4, 0.5) is 18.9 Å². The molecule has 0 saturated heterocycles. The number of halogens is 3. The van der Waals surface area contributed by atoms with E-state index in [1.165, 1.54) is 23.9 Å². The number of pyridine rings is 1. The number of benzene rings is 1. The number of aryl methyl sites for hydroxylation is 1. The van der Waals surface area contributed by atoms with Crippen molar-refractivity contribution in [2.75, 3.05) is 32.1 Å². The van der Waals surface area contributed by atoms with Gasteiger partial charge in [-0.1, -0.05) is 12.1 Å². The number of aromatic nitrogens is 1. The molecule has 0 fully saturated rings.